The average Bonchev–Trinajstić information content (AvgIpc) is 2.76. The first-order valence-corrected chi connectivity index (χ1v) is 5.10. The van der Waals surface area contributed by atoms with Crippen molar-refractivity contribution in [2.75, 3.05) is 0 Å². The van der Waals surface area contributed by atoms with Crippen LogP contribution >= 0.6 is 11.3 Å². The second kappa shape index (κ2) is 3.64. The molecule has 1 N–H and O–H groups in total. The summed E-state index contributed by atoms with van der Waals surface area (Å²) in [5.74, 6) is 0. The Morgan fingerprint density at radius 3 is 3.14 bits per heavy atom. The van der Waals surface area contributed by atoms with E-state index in [1.807, 2.05) is 25.3 Å². The number of H-pyrrole nitrogens is 1. The number of hydrogen-bond acceptors (Lipinski definition) is 3. The van der Waals surface area contributed by atoms with Crippen LogP contribution in [0.3, 0.4) is 0 Å². The van der Waals surface area contributed by atoms with E-state index in [2.05, 4.69) is 16.0 Å². The molecule has 0 aliphatic heterocycles. The Morgan fingerprint density at radius 1 is 1.64 bits per heavy atom. The summed E-state index contributed by atoms with van der Waals surface area (Å²) in [6.07, 6.45) is 2.32. The lowest BCUT2D eigenvalue weighted by Gasteiger charge is -1.86. The highest BCUT2D eigenvalue weighted by molar-refractivity contribution is 7.15. The normalized spacial score (nSPS) is 10.0. The van der Waals surface area contributed by atoms with Gasteiger partial charge in [-0.2, -0.15) is 5.26 Å². The second-order valence-electron chi connectivity index (χ2n) is 2.95. The summed E-state index contributed by atoms with van der Waals surface area (Å²) in [4.78, 5) is 8.56. The zero-order chi connectivity index (χ0) is 9.97. The van der Waals surface area contributed by atoms with Crippen LogP contribution in [0.1, 0.15) is 10.6 Å². The number of nitrogens with zero attached hydrogens (tertiary/aromatic N) is 2. The second-order valence-corrected chi connectivity index (χ2v) is 4.03. The Hall–Kier alpha value is -1.60. The van der Waals surface area contributed by atoms with Crippen LogP contribution in [0.25, 0.3) is 10.7 Å². The van der Waals surface area contributed by atoms with E-state index in [0.29, 0.717) is 6.42 Å². The van der Waals surface area contributed by atoms with Crippen LogP contribution < -0.4 is 0 Å². The summed E-state index contributed by atoms with van der Waals surface area (Å²) in [6, 6.07) is 6.06. The zero-order valence-corrected chi connectivity index (χ0v) is 8.56. The van der Waals surface area contributed by atoms with E-state index in [1.165, 1.54) is 0 Å². The molecule has 0 bridgehead atoms. The number of aromatic nitrogens is 2. The average molecular weight is 203 g/mol. The van der Waals surface area contributed by atoms with Crippen LogP contribution in [0.15, 0.2) is 18.3 Å². The first-order chi connectivity index (χ1) is 6.81. The van der Waals surface area contributed by atoms with Gasteiger partial charge in [0.1, 0.15) is 5.01 Å². The third-order valence-corrected chi connectivity index (χ3v) is 3.15. The highest BCUT2D eigenvalue weighted by Gasteiger charge is 2.08. The van der Waals surface area contributed by atoms with Crippen molar-refractivity contribution < 1.29 is 0 Å². The topological polar surface area (TPSA) is 52.5 Å². The minimum atomic E-state index is 0.449. The minimum Gasteiger partial charge on any atom is -0.359 e. The van der Waals surface area contributed by atoms with Gasteiger partial charge in [0.25, 0.3) is 0 Å². The van der Waals surface area contributed by atoms with Gasteiger partial charge >= 0.3 is 0 Å². The van der Waals surface area contributed by atoms with Crippen LogP contribution in [0.2, 0.25) is 0 Å². The van der Waals surface area contributed by atoms with Crippen molar-refractivity contribution in [2.24, 2.45) is 0 Å². The molecule has 0 radical (unpaired) electrons. The standard InChI is InChI=1S/C10H9N3S/c1-7-9(4-5-11)14-10(13-7)8-3-2-6-12-8/h2-3,6,12H,4H2,1H3. The lowest BCUT2D eigenvalue weighted by atomic mass is 10.3. The predicted molar refractivity (Wildman–Crippen MR) is 56.0 cm³/mol. The molecular weight excluding hydrogens is 194 g/mol. The molecule has 2 aromatic rings. The molecule has 0 amide bonds. The quantitative estimate of drug-likeness (QED) is 0.815. The summed E-state index contributed by atoms with van der Waals surface area (Å²) in [5, 5.41) is 9.56. The van der Waals surface area contributed by atoms with Gasteiger partial charge in [-0.05, 0) is 19.1 Å². The molecule has 2 aromatic heterocycles. The lowest BCUT2D eigenvalue weighted by Crippen LogP contribution is -1.79. The molecular formula is C10H9N3S. The Kier molecular flexibility index (Phi) is 2.33. The predicted octanol–water partition coefficient (Wildman–Crippen LogP) is 2.51. The Bertz CT molecular complexity index is 462. The van der Waals surface area contributed by atoms with Gasteiger partial charge in [0, 0.05) is 11.1 Å². The molecule has 4 heteroatoms. The number of nitrogens with one attached hydrogen (secondary N) is 1. The zero-order valence-electron chi connectivity index (χ0n) is 7.74. The first kappa shape index (κ1) is 8.97. The molecule has 0 saturated carbocycles. The number of rotatable bonds is 2. The Labute approximate surface area is 86.0 Å². The van der Waals surface area contributed by atoms with Crippen LogP contribution in [-0.4, -0.2) is 9.97 Å². The van der Waals surface area contributed by atoms with Crippen LogP contribution in [0.4, 0.5) is 0 Å². The summed E-state index contributed by atoms with van der Waals surface area (Å²) in [5.41, 5.74) is 1.98. The number of thiazole rings is 1. The number of aryl methyl sites for hydroxylation is 1. The lowest BCUT2D eigenvalue weighted by molar-refractivity contribution is 1.18. The molecule has 70 valence electrons. The summed E-state index contributed by atoms with van der Waals surface area (Å²) in [6.45, 7) is 1.94. The van der Waals surface area contributed by atoms with Gasteiger partial charge in [-0.3, -0.25) is 0 Å². The maximum absolute atomic E-state index is 8.61. The van der Waals surface area contributed by atoms with E-state index in [0.717, 1.165) is 21.3 Å². The van der Waals surface area contributed by atoms with Crippen molar-refractivity contribution in [1.29, 1.82) is 5.26 Å². The van der Waals surface area contributed by atoms with Crippen LogP contribution in [0.5, 0.6) is 0 Å². The molecule has 0 saturated heterocycles. The summed E-state index contributed by atoms with van der Waals surface area (Å²) < 4.78 is 0. The van der Waals surface area contributed by atoms with Crippen LogP contribution in [-0.2, 0) is 6.42 Å². The fourth-order valence-electron chi connectivity index (χ4n) is 1.24. The molecule has 2 heterocycles. The van der Waals surface area contributed by atoms with Crippen LogP contribution in [0, 0.1) is 18.3 Å². The molecule has 0 unspecified atom stereocenters. The Balaban J connectivity index is 2.39. The number of aromatic amines is 1. The summed E-state index contributed by atoms with van der Waals surface area (Å²) >= 11 is 1.58. The van der Waals surface area contributed by atoms with Gasteiger partial charge in [0.15, 0.2) is 0 Å². The van der Waals surface area contributed by atoms with Crippen molar-refractivity contribution in [1.82, 2.24) is 9.97 Å². The van der Waals surface area contributed by atoms with Gasteiger partial charge < -0.3 is 4.98 Å². The van der Waals surface area contributed by atoms with Crippen molar-refractivity contribution in [3.05, 3.63) is 28.9 Å². The van der Waals surface area contributed by atoms with Gasteiger partial charge in [-0.1, -0.05) is 0 Å². The maximum Gasteiger partial charge on any atom is 0.140 e. The fourth-order valence-corrected chi connectivity index (χ4v) is 2.23. The monoisotopic (exact) mass is 203 g/mol. The van der Waals surface area contributed by atoms with E-state index < -0.39 is 0 Å². The first-order valence-electron chi connectivity index (χ1n) is 4.28. The molecule has 0 fully saturated rings. The number of nitriles is 1. The summed E-state index contributed by atoms with van der Waals surface area (Å²) in [7, 11) is 0. The third-order valence-electron chi connectivity index (χ3n) is 1.96. The van der Waals surface area contributed by atoms with Gasteiger partial charge in [0.05, 0.1) is 23.9 Å². The molecule has 0 aliphatic carbocycles. The highest BCUT2D eigenvalue weighted by Crippen LogP contribution is 2.26. The van der Waals surface area contributed by atoms with Crippen molar-refractivity contribution in [3.63, 3.8) is 0 Å². The molecule has 0 aliphatic rings. The molecule has 0 atom stereocenters. The van der Waals surface area contributed by atoms with E-state index >= 15 is 0 Å². The molecule has 0 aromatic carbocycles. The minimum absolute atomic E-state index is 0.449. The number of hydrogen-bond donors (Lipinski definition) is 1. The highest BCUT2D eigenvalue weighted by atomic mass is 32.1. The van der Waals surface area contributed by atoms with Gasteiger partial charge in [-0.15, -0.1) is 11.3 Å². The van der Waals surface area contributed by atoms with Crippen molar-refractivity contribution in [3.8, 4) is 16.8 Å². The fraction of sp³-hybridized carbons (Fsp3) is 0.200. The Morgan fingerprint density at radius 2 is 2.50 bits per heavy atom. The smallest absolute Gasteiger partial charge is 0.140 e. The van der Waals surface area contributed by atoms with E-state index in [-0.39, 0.29) is 0 Å². The van der Waals surface area contributed by atoms with Crippen molar-refractivity contribution in [2.45, 2.75) is 13.3 Å². The van der Waals surface area contributed by atoms with E-state index in [9.17, 15) is 0 Å². The molecule has 2 rings (SSSR count). The van der Waals surface area contributed by atoms with E-state index in [4.69, 9.17) is 5.26 Å². The van der Waals surface area contributed by atoms with Gasteiger partial charge in [0.2, 0.25) is 0 Å². The van der Waals surface area contributed by atoms with E-state index in [1.54, 1.807) is 11.3 Å². The SMILES string of the molecule is Cc1nc(-c2ccc[nH]2)sc1CC#N. The van der Waals surface area contributed by atoms with Gasteiger partial charge in [-0.25, -0.2) is 4.98 Å². The largest absolute Gasteiger partial charge is 0.359 e. The molecule has 14 heavy (non-hydrogen) atoms. The third kappa shape index (κ3) is 1.54. The molecule has 0 spiro atoms. The molecule has 3 nitrogen and oxygen atoms in total. The maximum atomic E-state index is 8.61. The van der Waals surface area contributed by atoms with Crippen molar-refractivity contribution >= 4 is 11.3 Å².